The Labute approximate surface area is 118 Å². The molecule has 0 bridgehead atoms. The Bertz CT molecular complexity index is 420. The van der Waals surface area contributed by atoms with Crippen molar-refractivity contribution in [1.29, 1.82) is 0 Å². The summed E-state index contributed by atoms with van der Waals surface area (Å²) >= 11 is 1.86. The summed E-state index contributed by atoms with van der Waals surface area (Å²) in [6, 6.07) is 8.01. The van der Waals surface area contributed by atoms with E-state index in [1.165, 1.54) is 18.4 Å². The number of amides is 1. The number of carbonyl (C=O) groups excluding carboxylic acids is 1. The van der Waals surface area contributed by atoms with Gasteiger partial charge >= 0.3 is 0 Å². The first-order valence-corrected chi connectivity index (χ1v) is 7.70. The fourth-order valence-corrected chi connectivity index (χ4v) is 3.32. The molecule has 0 radical (unpaired) electrons. The largest absolute Gasteiger partial charge is 0.377 e. The normalized spacial score (nSPS) is 18.5. The Morgan fingerprint density at radius 3 is 2.89 bits per heavy atom. The minimum atomic E-state index is -0.156. The number of ether oxygens (including phenoxy) is 1. The minimum absolute atomic E-state index is 0.156. The molecule has 4 nitrogen and oxygen atoms in total. The van der Waals surface area contributed by atoms with Crippen LogP contribution in [0.15, 0.2) is 24.3 Å². The highest BCUT2D eigenvalue weighted by Gasteiger charge is 2.15. The lowest BCUT2D eigenvalue weighted by Crippen LogP contribution is -2.31. The van der Waals surface area contributed by atoms with Gasteiger partial charge in [-0.05, 0) is 24.0 Å². The first-order valence-electron chi connectivity index (χ1n) is 6.55. The van der Waals surface area contributed by atoms with Gasteiger partial charge in [0.1, 0.15) is 0 Å². The average Bonchev–Trinajstić information content (AvgIpc) is 2.94. The lowest BCUT2D eigenvalue weighted by atomic mass is 10.1. The maximum Gasteiger partial charge on any atom is 0.238 e. The maximum atomic E-state index is 11.4. The third-order valence-corrected chi connectivity index (χ3v) is 4.34. The third-order valence-electron chi connectivity index (χ3n) is 3.22. The number of hydrazine groups is 1. The predicted molar refractivity (Wildman–Crippen MR) is 77.6 cm³/mol. The Morgan fingerprint density at radius 1 is 1.42 bits per heavy atom. The van der Waals surface area contributed by atoms with E-state index >= 15 is 0 Å². The van der Waals surface area contributed by atoms with Crippen LogP contribution in [-0.4, -0.2) is 24.4 Å². The molecule has 1 saturated heterocycles. The fraction of sp³-hybridized carbons (Fsp3) is 0.500. The number of benzene rings is 1. The van der Waals surface area contributed by atoms with Crippen LogP contribution in [0.2, 0.25) is 0 Å². The standard InChI is InChI=1S/C14H20N2O2S/c15-16-14(17)8-11-4-1-2-5-12(11)9-19-10-13-6-3-7-18-13/h1-2,4-5,13H,3,6-10,15H2,(H,16,17). The van der Waals surface area contributed by atoms with Gasteiger partial charge in [-0.1, -0.05) is 24.3 Å². The van der Waals surface area contributed by atoms with Crippen molar-refractivity contribution in [2.45, 2.75) is 31.1 Å². The molecule has 104 valence electrons. The van der Waals surface area contributed by atoms with Gasteiger partial charge in [0.25, 0.3) is 0 Å². The highest BCUT2D eigenvalue weighted by molar-refractivity contribution is 7.98. The van der Waals surface area contributed by atoms with Crippen molar-refractivity contribution in [3.05, 3.63) is 35.4 Å². The molecule has 19 heavy (non-hydrogen) atoms. The number of carbonyl (C=O) groups is 1. The number of rotatable bonds is 6. The van der Waals surface area contributed by atoms with E-state index in [1.807, 2.05) is 30.0 Å². The first kappa shape index (κ1) is 14.4. The minimum Gasteiger partial charge on any atom is -0.377 e. The fourth-order valence-electron chi connectivity index (χ4n) is 2.17. The first-order chi connectivity index (χ1) is 9.29. The lowest BCUT2D eigenvalue weighted by Gasteiger charge is -2.11. The van der Waals surface area contributed by atoms with Crippen LogP contribution in [0.5, 0.6) is 0 Å². The molecule has 1 aromatic rings. The Hall–Kier alpha value is -1.04. The quantitative estimate of drug-likeness (QED) is 0.472. The van der Waals surface area contributed by atoms with Gasteiger partial charge in [-0.3, -0.25) is 10.2 Å². The predicted octanol–water partition coefficient (Wildman–Crippen LogP) is 1.63. The summed E-state index contributed by atoms with van der Waals surface area (Å²) in [7, 11) is 0. The molecule has 1 aromatic carbocycles. The van der Waals surface area contributed by atoms with Gasteiger partial charge in [0.05, 0.1) is 12.5 Å². The summed E-state index contributed by atoms with van der Waals surface area (Å²) in [5, 5.41) is 0. The van der Waals surface area contributed by atoms with Crippen molar-refractivity contribution < 1.29 is 9.53 Å². The molecule has 2 rings (SSSR count). The molecule has 5 heteroatoms. The molecule has 1 heterocycles. The van der Waals surface area contributed by atoms with Crippen LogP contribution in [0.3, 0.4) is 0 Å². The highest BCUT2D eigenvalue weighted by atomic mass is 32.2. The van der Waals surface area contributed by atoms with Crippen LogP contribution in [0.4, 0.5) is 0 Å². The molecule has 3 N–H and O–H groups in total. The van der Waals surface area contributed by atoms with E-state index < -0.39 is 0 Å². The van der Waals surface area contributed by atoms with E-state index in [9.17, 15) is 4.79 Å². The van der Waals surface area contributed by atoms with Crippen molar-refractivity contribution in [1.82, 2.24) is 5.43 Å². The van der Waals surface area contributed by atoms with Gasteiger partial charge in [-0.2, -0.15) is 11.8 Å². The number of nitrogens with one attached hydrogen (secondary N) is 1. The monoisotopic (exact) mass is 280 g/mol. The molecule has 1 aliphatic heterocycles. The number of hydrogen-bond donors (Lipinski definition) is 2. The van der Waals surface area contributed by atoms with Crippen LogP contribution in [-0.2, 0) is 21.7 Å². The molecule has 0 aliphatic carbocycles. The second kappa shape index (κ2) is 7.53. The zero-order valence-corrected chi connectivity index (χ0v) is 11.7. The van der Waals surface area contributed by atoms with Crippen molar-refractivity contribution in [2.24, 2.45) is 5.84 Å². The SMILES string of the molecule is NNC(=O)Cc1ccccc1CSCC1CCCO1. The number of hydrogen-bond acceptors (Lipinski definition) is 4. The maximum absolute atomic E-state index is 11.4. The van der Waals surface area contributed by atoms with Gasteiger partial charge in [-0.25, -0.2) is 5.84 Å². The highest BCUT2D eigenvalue weighted by Crippen LogP contribution is 2.22. The smallest absolute Gasteiger partial charge is 0.238 e. The van der Waals surface area contributed by atoms with Crippen LogP contribution >= 0.6 is 11.8 Å². The molecule has 1 amide bonds. The molecule has 1 aliphatic rings. The van der Waals surface area contributed by atoms with Gasteiger partial charge in [0.2, 0.25) is 5.91 Å². The molecular weight excluding hydrogens is 260 g/mol. The van der Waals surface area contributed by atoms with Gasteiger partial charge in [0.15, 0.2) is 0 Å². The third kappa shape index (κ3) is 4.53. The zero-order chi connectivity index (χ0) is 13.5. The van der Waals surface area contributed by atoms with Crippen LogP contribution in [0.1, 0.15) is 24.0 Å². The van der Waals surface area contributed by atoms with E-state index in [2.05, 4.69) is 11.5 Å². The summed E-state index contributed by atoms with van der Waals surface area (Å²) in [6.45, 7) is 0.901. The molecule has 0 spiro atoms. The summed E-state index contributed by atoms with van der Waals surface area (Å²) in [4.78, 5) is 11.4. The van der Waals surface area contributed by atoms with Crippen molar-refractivity contribution in [3.8, 4) is 0 Å². The Morgan fingerprint density at radius 2 is 2.21 bits per heavy atom. The molecule has 0 saturated carbocycles. The van der Waals surface area contributed by atoms with Crippen molar-refractivity contribution in [2.75, 3.05) is 12.4 Å². The van der Waals surface area contributed by atoms with Crippen molar-refractivity contribution in [3.63, 3.8) is 0 Å². The number of nitrogens with two attached hydrogens (primary N) is 1. The van der Waals surface area contributed by atoms with Crippen LogP contribution in [0, 0.1) is 0 Å². The Kier molecular flexibility index (Phi) is 5.69. The van der Waals surface area contributed by atoms with E-state index in [1.54, 1.807) is 0 Å². The second-order valence-electron chi connectivity index (χ2n) is 4.66. The van der Waals surface area contributed by atoms with Gasteiger partial charge in [0, 0.05) is 18.1 Å². The Balaban J connectivity index is 1.86. The topological polar surface area (TPSA) is 64.3 Å². The molecule has 1 fully saturated rings. The van der Waals surface area contributed by atoms with Crippen LogP contribution < -0.4 is 11.3 Å². The second-order valence-corrected chi connectivity index (χ2v) is 5.69. The van der Waals surface area contributed by atoms with E-state index in [0.717, 1.165) is 23.7 Å². The summed E-state index contributed by atoms with van der Waals surface area (Å²) in [5.41, 5.74) is 4.43. The summed E-state index contributed by atoms with van der Waals surface area (Å²) in [6.07, 6.45) is 3.10. The zero-order valence-electron chi connectivity index (χ0n) is 10.9. The van der Waals surface area contributed by atoms with E-state index in [4.69, 9.17) is 10.6 Å². The summed E-state index contributed by atoms with van der Waals surface area (Å²) in [5.74, 6) is 6.91. The van der Waals surface area contributed by atoms with Crippen molar-refractivity contribution >= 4 is 17.7 Å². The molecule has 1 atom stereocenters. The number of thioether (sulfide) groups is 1. The summed E-state index contributed by atoms with van der Waals surface area (Å²) < 4.78 is 5.60. The lowest BCUT2D eigenvalue weighted by molar-refractivity contribution is -0.120. The van der Waals surface area contributed by atoms with Gasteiger partial charge in [-0.15, -0.1) is 0 Å². The van der Waals surface area contributed by atoms with Gasteiger partial charge < -0.3 is 4.74 Å². The van der Waals surface area contributed by atoms with E-state index in [0.29, 0.717) is 12.5 Å². The molecule has 0 aromatic heterocycles. The molecule has 1 unspecified atom stereocenters. The molecular formula is C14H20N2O2S. The van der Waals surface area contributed by atoms with Crippen LogP contribution in [0.25, 0.3) is 0 Å². The van der Waals surface area contributed by atoms with E-state index in [-0.39, 0.29) is 5.91 Å². The average molecular weight is 280 g/mol.